The molecule has 0 fully saturated rings. The summed E-state index contributed by atoms with van der Waals surface area (Å²) in [7, 11) is 0. The smallest absolute Gasteiger partial charge is 0.251 e. The largest absolute Gasteiger partial charge is 0.398 e. The van der Waals surface area contributed by atoms with Crippen molar-refractivity contribution >= 4 is 23.2 Å². The molecule has 0 aliphatic carbocycles. The molecule has 2 aromatic rings. The summed E-state index contributed by atoms with van der Waals surface area (Å²) in [4.78, 5) is 16.0. The first-order valence-electron chi connectivity index (χ1n) is 5.80. The van der Waals surface area contributed by atoms with E-state index in [0.29, 0.717) is 22.8 Å². The van der Waals surface area contributed by atoms with Crippen molar-refractivity contribution in [3.05, 3.63) is 58.4 Å². The molecule has 0 spiro atoms. The second-order valence-electron chi connectivity index (χ2n) is 4.22. The fourth-order valence-corrected chi connectivity index (χ4v) is 1.78. The van der Waals surface area contributed by atoms with Crippen molar-refractivity contribution in [3.8, 4) is 0 Å². The number of anilines is 1. The van der Waals surface area contributed by atoms with Crippen molar-refractivity contribution in [1.29, 1.82) is 0 Å². The zero-order valence-electron chi connectivity index (χ0n) is 10.5. The number of pyridine rings is 1. The molecule has 98 valence electrons. The number of hydrogen-bond donors (Lipinski definition) is 2. The molecule has 0 bridgehead atoms. The number of hydrogen-bond acceptors (Lipinski definition) is 3. The first-order chi connectivity index (χ1) is 9.08. The number of nitrogens with zero attached hydrogens (tertiary/aromatic N) is 1. The molecule has 3 N–H and O–H groups in total. The van der Waals surface area contributed by atoms with Crippen molar-refractivity contribution in [2.24, 2.45) is 0 Å². The highest BCUT2D eigenvalue weighted by atomic mass is 35.5. The van der Waals surface area contributed by atoms with Gasteiger partial charge in [-0.1, -0.05) is 11.6 Å². The van der Waals surface area contributed by atoms with Crippen molar-refractivity contribution in [2.45, 2.75) is 13.5 Å². The summed E-state index contributed by atoms with van der Waals surface area (Å²) in [6, 6.07) is 6.71. The van der Waals surface area contributed by atoms with Gasteiger partial charge in [0.15, 0.2) is 0 Å². The topological polar surface area (TPSA) is 68.0 Å². The van der Waals surface area contributed by atoms with E-state index in [0.717, 1.165) is 11.1 Å². The van der Waals surface area contributed by atoms with Crippen LogP contribution in [0.15, 0.2) is 36.7 Å². The number of nitrogens with two attached hydrogens (primary N) is 1. The summed E-state index contributed by atoms with van der Waals surface area (Å²) in [6.45, 7) is 2.41. The second kappa shape index (κ2) is 5.71. The summed E-state index contributed by atoms with van der Waals surface area (Å²) in [5.74, 6) is -0.181. The molecule has 5 heteroatoms. The molecule has 2 rings (SSSR count). The second-order valence-corrected chi connectivity index (χ2v) is 4.63. The minimum atomic E-state index is -0.181. The molecular formula is C14H14ClN3O. The Labute approximate surface area is 116 Å². The number of carbonyl (C=O) groups excluding carboxylic acids is 1. The van der Waals surface area contributed by atoms with E-state index in [9.17, 15) is 4.79 Å². The quantitative estimate of drug-likeness (QED) is 0.846. The van der Waals surface area contributed by atoms with Crippen LogP contribution >= 0.6 is 11.6 Å². The van der Waals surface area contributed by atoms with Crippen molar-refractivity contribution in [2.75, 3.05) is 5.73 Å². The maximum atomic E-state index is 12.0. The number of aryl methyl sites for hydroxylation is 1. The van der Waals surface area contributed by atoms with Gasteiger partial charge in [0.2, 0.25) is 0 Å². The summed E-state index contributed by atoms with van der Waals surface area (Å²) >= 11 is 5.82. The van der Waals surface area contributed by atoms with Crippen LogP contribution < -0.4 is 11.1 Å². The Bertz CT molecular complexity index is 613. The number of amides is 1. The molecule has 0 atom stereocenters. The van der Waals surface area contributed by atoms with Crippen LogP contribution in [0.4, 0.5) is 5.69 Å². The molecule has 0 saturated carbocycles. The monoisotopic (exact) mass is 275 g/mol. The molecule has 0 saturated heterocycles. The maximum Gasteiger partial charge on any atom is 0.251 e. The van der Waals surface area contributed by atoms with Crippen LogP contribution in [0.25, 0.3) is 0 Å². The van der Waals surface area contributed by atoms with E-state index in [1.165, 1.54) is 0 Å². The van der Waals surface area contributed by atoms with Gasteiger partial charge in [-0.25, -0.2) is 0 Å². The van der Waals surface area contributed by atoms with Gasteiger partial charge in [0.05, 0.1) is 10.7 Å². The SMILES string of the molecule is Cc1cnccc1CNC(=O)c1ccc(Cl)c(N)c1. The Hall–Kier alpha value is -2.07. The highest BCUT2D eigenvalue weighted by Gasteiger charge is 2.07. The van der Waals surface area contributed by atoms with Crippen LogP contribution in [0.2, 0.25) is 5.02 Å². The zero-order chi connectivity index (χ0) is 13.8. The third-order valence-corrected chi connectivity index (χ3v) is 3.18. The van der Waals surface area contributed by atoms with Crippen LogP contribution in [0.5, 0.6) is 0 Å². The van der Waals surface area contributed by atoms with Crippen molar-refractivity contribution < 1.29 is 4.79 Å². The fourth-order valence-electron chi connectivity index (χ4n) is 1.66. The lowest BCUT2D eigenvalue weighted by Crippen LogP contribution is -2.23. The molecule has 1 aromatic carbocycles. The number of halogens is 1. The van der Waals surface area contributed by atoms with Gasteiger partial charge in [-0.15, -0.1) is 0 Å². The molecule has 0 aliphatic rings. The first kappa shape index (κ1) is 13.4. The average molecular weight is 276 g/mol. The summed E-state index contributed by atoms with van der Waals surface area (Å²) in [5.41, 5.74) is 8.63. The number of rotatable bonds is 3. The Morgan fingerprint density at radius 2 is 2.21 bits per heavy atom. The Morgan fingerprint density at radius 3 is 2.89 bits per heavy atom. The number of aromatic nitrogens is 1. The molecular weight excluding hydrogens is 262 g/mol. The minimum Gasteiger partial charge on any atom is -0.398 e. The predicted octanol–water partition coefficient (Wildman–Crippen LogP) is 2.56. The van der Waals surface area contributed by atoms with Gasteiger partial charge >= 0.3 is 0 Å². The van der Waals surface area contributed by atoms with E-state index in [-0.39, 0.29) is 5.91 Å². The lowest BCUT2D eigenvalue weighted by atomic mass is 10.1. The molecule has 1 amide bonds. The lowest BCUT2D eigenvalue weighted by Gasteiger charge is -2.08. The fraction of sp³-hybridized carbons (Fsp3) is 0.143. The molecule has 4 nitrogen and oxygen atoms in total. The standard InChI is InChI=1S/C14H14ClN3O/c1-9-7-17-5-4-11(9)8-18-14(19)10-2-3-12(15)13(16)6-10/h2-7H,8,16H2,1H3,(H,18,19). The first-order valence-corrected chi connectivity index (χ1v) is 6.18. The molecule has 19 heavy (non-hydrogen) atoms. The number of nitrogens with one attached hydrogen (secondary N) is 1. The highest BCUT2D eigenvalue weighted by Crippen LogP contribution is 2.19. The van der Waals surface area contributed by atoms with Crippen molar-refractivity contribution in [1.82, 2.24) is 10.3 Å². The Kier molecular flexibility index (Phi) is 4.02. The van der Waals surface area contributed by atoms with E-state index in [2.05, 4.69) is 10.3 Å². The van der Waals surface area contributed by atoms with Gasteiger partial charge in [0.25, 0.3) is 5.91 Å². The van der Waals surface area contributed by atoms with E-state index >= 15 is 0 Å². The third-order valence-electron chi connectivity index (χ3n) is 2.83. The molecule has 1 heterocycles. The van der Waals surface area contributed by atoms with Crippen LogP contribution in [-0.2, 0) is 6.54 Å². The van der Waals surface area contributed by atoms with E-state index in [4.69, 9.17) is 17.3 Å². The Balaban J connectivity index is 2.05. The van der Waals surface area contributed by atoms with Gasteiger partial charge in [0, 0.05) is 24.5 Å². The summed E-state index contributed by atoms with van der Waals surface area (Å²) in [5, 5.41) is 3.28. The van der Waals surface area contributed by atoms with Crippen LogP contribution in [0, 0.1) is 6.92 Å². The van der Waals surface area contributed by atoms with E-state index in [1.54, 1.807) is 30.6 Å². The number of nitrogen functional groups attached to an aromatic ring is 1. The van der Waals surface area contributed by atoms with Crippen LogP contribution in [0.1, 0.15) is 21.5 Å². The summed E-state index contributed by atoms with van der Waals surface area (Å²) in [6.07, 6.45) is 3.47. The normalized spacial score (nSPS) is 10.2. The van der Waals surface area contributed by atoms with E-state index in [1.807, 2.05) is 13.0 Å². The number of benzene rings is 1. The van der Waals surface area contributed by atoms with Gasteiger partial charge in [-0.05, 0) is 42.3 Å². The van der Waals surface area contributed by atoms with Gasteiger partial charge in [0.1, 0.15) is 0 Å². The molecule has 0 aliphatic heterocycles. The molecule has 0 radical (unpaired) electrons. The number of carbonyl (C=O) groups is 1. The highest BCUT2D eigenvalue weighted by molar-refractivity contribution is 6.33. The van der Waals surface area contributed by atoms with Gasteiger partial charge in [-0.2, -0.15) is 0 Å². The average Bonchev–Trinajstić information content (AvgIpc) is 2.40. The lowest BCUT2D eigenvalue weighted by molar-refractivity contribution is 0.0951. The predicted molar refractivity (Wildman–Crippen MR) is 76.0 cm³/mol. The van der Waals surface area contributed by atoms with Crippen molar-refractivity contribution in [3.63, 3.8) is 0 Å². The van der Waals surface area contributed by atoms with Gasteiger partial charge < -0.3 is 11.1 Å². The Morgan fingerprint density at radius 1 is 1.42 bits per heavy atom. The van der Waals surface area contributed by atoms with Crippen LogP contribution in [-0.4, -0.2) is 10.9 Å². The van der Waals surface area contributed by atoms with Crippen LogP contribution in [0.3, 0.4) is 0 Å². The molecule has 1 aromatic heterocycles. The van der Waals surface area contributed by atoms with Gasteiger partial charge in [-0.3, -0.25) is 9.78 Å². The zero-order valence-corrected chi connectivity index (χ0v) is 11.2. The molecule has 0 unspecified atom stereocenters. The van der Waals surface area contributed by atoms with E-state index < -0.39 is 0 Å². The minimum absolute atomic E-state index is 0.181. The third kappa shape index (κ3) is 3.23. The maximum absolute atomic E-state index is 12.0. The summed E-state index contributed by atoms with van der Waals surface area (Å²) < 4.78 is 0.